The Labute approximate surface area is 116 Å². The van der Waals surface area contributed by atoms with Crippen LogP contribution in [0.2, 0.25) is 0 Å². The lowest BCUT2D eigenvalue weighted by molar-refractivity contribution is -0.128. The Balaban J connectivity index is 2.31. The van der Waals surface area contributed by atoms with Crippen LogP contribution in [0.3, 0.4) is 0 Å². The number of rotatable bonds is 4. The molecule has 0 aromatic heterocycles. The summed E-state index contributed by atoms with van der Waals surface area (Å²) < 4.78 is 13.0. The van der Waals surface area contributed by atoms with Crippen molar-refractivity contribution in [2.45, 2.75) is 26.2 Å². The number of benzene rings is 1. The van der Waals surface area contributed by atoms with Crippen molar-refractivity contribution in [1.82, 2.24) is 0 Å². The van der Waals surface area contributed by atoms with Crippen LogP contribution in [0.4, 0.5) is 10.1 Å². The average molecular weight is 279 g/mol. The van der Waals surface area contributed by atoms with Crippen molar-refractivity contribution in [2.24, 2.45) is 16.3 Å². The molecule has 2 rings (SSSR count). The zero-order valence-corrected chi connectivity index (χ0v) is 11.3. The molecule has 1 fully saturated rings. The monoisotopic (exact) mass is 279 g/mol. The van der Waals surface area contributed by atoms with Crippen molar-refractivity contribution < 1.29 is 14.4 Å². The second kappa shape index (κ2) is 5.48. The van der Waals surface area contributed by atoms with Gasteiger partial charge in [-0.3, -0.25) is 4.79 Å². The molecule has 0 radical (unpaired) electrons. The molecule has 1 saturated carbocycles. The maximum Gasteiger partial charge on any atom is 0.240 e. The van der Waals surface area contributed by atoms with E-state index in [9.17, 15) is 9.18 Å². The molecule has 1 aliphatic rings. The van der Waals surface area contributed by atoms with Crippen LogP contribution in [0.5, 0.6) is 0 Å². The summed E-state index contributed by atoms with van der Waals surface area (Å²) in [6.07, 6.45) is 2.00. The Morgan fingerprint density at radius 2 is 2.05 bits per heavy atom. The van der Waals surface area contributed by atoms with Crippen LogP contribution in [-0.4, -0.2) is 23.5 Å². The Kier molecular flexibility index (Phi) is 3.92. The topological polar surface area (TPSA) is 78.9 Å². The van der Waals surface area contributed by atoms with E-state index in [2.05, 4.69) is 5.16 Å². The first-order valence-corrected chi connectivity index (χ1v) is 6.60. The lowest BCUT2D eigenvalue weighted by atomic mass is 9.66. The molecule has 0 bridgehead atoms. The molecule has 0 saturated heterocycles. The Morgan fingerprint density at radius 1 is 1.45 bits per heavy atom. The van der Waals surface area contributed by atoms with Gasteiger partial charge in [0.2, 0.25) is 5.91 Å². The lowest BCUT2D eigenvalue weighted by Gasteiger charge is -2.42. The number of nitrogens with two attached hydrogens (primary N) is 1. The van der Waals surface area contributed by atoms with Gasteiger partial charge in [-0.05, 0) is 44.0 Å². The quantitative estimate of drug-likeness (QED) is 0.383. The van der Waals surface area contributed by atoms with Crippen LogP contribution < -0.4 is 10.6 Å². The number of carbonyl (C=O) groups is 1. The van der Waals surface area contributed by atoms with Crippen LogP contribution in [0, 0.1) is 11.2 Å². The van der Waals surface area contributed by atoms with E-state index < -0.39 is 5.41 Å². The van der Waals surface area contributed by atoms with Crippen molar-refractivity contribution >= 4 is 17.4 Å². The third-order valence-electron chi connectivity index (χ3n) is 3.91. The average Bonchev–Trinajstić information content (AvgIpc) is 2.40. The van der Waals surface area contributed by atoms with Crippen LogP contribution in [-0.2, 0) is 4.79 Å². The number of amides is 1. The fraction of sp³-hybridized carbons (Fsp3) is 0.429. The molecule has 0 spiro atoms. The molecule has 20 heavy (non-hydrogen) atoms. The van der Waals surface area contributed by atoms with Gasteiger partial charge in [0.1, 0.15) is 11.2 Å². The summed E-state index contributed by atoms with van der Waals surface area (Å²) in [5, 5.41) is 11.9. The normalized spacial score (nSPS) is 17.4. The summed E-state index contributed by atoms with van der Waals surface area (Å²) in [5.74, 6) is -0.602. The first kappa shape index (κ1) is 14.3. The molecule has 1 aliphatic carbocycles. The zero-order valence-electron chi connectivity index (χ0n) is 11.3. The summed E-state index contributed by atoms with van der Waals surface area (Å²) in [6, 6.07) is 5.72. The van der Waals surface area contributed by atoms with E-state index in [1.807, 2.05) is 6.92 Å². The van der Waals surface area contributed by atoms with E-state index in [1.165, 1.54) is 17.0 Å². The predicted octanol–water partition coefficient (Wildman–Crippen LogP) is 2.10. The molecule has 0 aliphatic heterocycles. The van der Waals surface area contributed by atoms with Crippen molar-refractivity contribution in [3.8, 4) is 0 Å². The van der Waals surface area contributed by atoms with Gasteiger partial charge < -0.3 is 15.8 Å². The van der Waals surface area contributed by atoms with Crippen molar-refractivity contribution in [3.63, 3.8) is 0 Å². The lowest BCUT2D eigenvalue weighted by Crippen LogP contribution is -2.55. The number of amidine groups is 1. The smallest absolute Gasteiger partial charge is 0.240 e. The SMILES string of the molecule is CCN(C(=O)C1(/C(N)=N/O)CCC1)c1ccc(F)cc1. The largest absolute Gasteiger partial charge is 0.409 e. The first-order chi connectivity index (χ1) is 9.55. The summed E-state index contributed by atoms with van der Waals surface area (Å²) >= 11 is 0. The second-order valence-electron chi connectivity index (χ2n) is 4.95. The number of carbonyl (C=O) groups excluding carboxylic acids is 1. The van der Waals surface area contributed by atoms with Crippen molar-refractivity contribution in [2.75, 3.05) is 11.4 Å². The highest BCUT2D eigenvalue weighted by Crippen LogP contribution is 2.43. The Bertz CT molecular complexity index is 524. The molecule has 1 aromatic rings. The van der Waals surface area contributed by atoms with Gasteiger partial charge in [-0.1, -0.05) is 11.6 Å². The standard InChI is InChI=1S/C14H18FN3O2/c1-2-18(11-6-4-10(15)5-7-11)13(19)14(8-3-9-14)12(16)17-20/h4-7,20H,2-3,8-9H2,1H3,(H2,16,17). The van der Waals surface area contributed by atoms with Crippen LogP contribution in [0.25, 0.3) is 0 Å². The molecule has 108 valence electrons. The van der Waals surface area contributed by atoms with Gasteiger partial charge >= 0.3 is 0 Å². The molecule has 5 nitrogen and oxygen atoms in total. The van der Waals surface area contributed by atoms with Gasteiger partial charge in [-0.25, -0.2) is 4.39 Å². The number of hydrogen-bond donors (Lipinski definition) is 2. The highest BCUT2D eigenvalue weighted by atomic mass is 19.1. The minimum absolute atomic E-state index is 0.0469. The fourth-order valence-electron chi connectivity index (χ4n) is 2.53. The highest BCUT2D eigenvalue weighted by Gasteiger charge is 2.50. The highest BCUT2D eigenvalue weighted by molar-refractivity contribution is 6.13. The number of hydrogen-bond acceptors (Lipinski definition) is 3. The Morgan fingerprint density at radius 3 is 2.45 bits per heavy atom. The van der Waals surface area contributed by atoms with E-state index in [4.69, 9.17) is 10.9 Å². The maximum atomic E-state index is 13.0. The zero-order chi connectivity index (χ0) is 14.8. The number of oxime groups is 1. The Hall–Kier alpha value is -2.11. The minimum atomic E-state index is -0.918. The third-order valence-corrected chi connectivity index (χ3v) is 3.91. The first-order valence-electron chi connectivity index (χ1n) is 6.60. The van der Waals surface area contributed by atoms with Crippen LogP contribution in [0.15, 0.2) is 29.4 Å². The van der Waals surface area contributed by atoms with E-state index in [0.29, 0.717) is 25.1 Å². The molecule has 1 amide bonds. The fourth-order valence-corrected chi connectivity index (χ4v) is 2.53. The van der Waals surface area contributed by atoms with Crippen molar-refractivity contribution in [1.29, 1.82) is 0 Å². The number of anilines is 1. The molecule has 6 heteroatoms. The summed E-state index contributed by atoms with van der Waals surface area (Å²) in [6.45, 7) is 2.27. The predicted molar refractivity (Wildman–Crippen MR) is 74.1 cm³/mol. The van der Waals surface area contributed by atoms with Crippen LogP contribution in [0.1, 0.15) is 26.2 Å². The minimum Gasteiger partial charge on any atom is -0.409 e. The molecule has 0 unspecified atom stereocenters. The molecule has 0 heterocycles. The van der Waals surface area contributed by atoms with Gasteiger partial charge in [-0.15, -0.1) is 0 Å². The summed E-state index contributed by atoms with van der Waals surface area (Å²) in [7, 11) is 0. The summed E-state index contributed by atoms with van der Waals surface area (Å²) in [5.41, 5.74) is 5.39. The second-order valence-corrected chi connectivity index (χ2v) is 4.95. The molecule has 3 N–H and O–H groups in total. The number of halogens is 1. The van der Waals surface area contributed by atoms with Crippen molar-refractivity contribution in [3.05, 3.63) is 30.1 Å². The van der Waals surface area contributed by atoms with E-state index >= 15 is 0 Å². The molecule has 0 atom stereocenters. The van der Waals surface area contributed by atoms with E-state index in [0.717, 1.165) is 6.42 Å². The molecular weight excluding hydrogens is 261 g/mol. The van der Waals surface area contributed by atoms with E-state index in [-0.39, 0.29) is 17.6 Å². The van der Waals surface area contributed by atoms with Gasteiger partial charge in [0.25, 0.3) is 0 Å². The van der Waals surface area contributed by atoms with Gasteiger partial charge in [-0.2, -0.15) is 0 Å². The third kappa shape index (κ3) is 2.21. The molecule has 1 aromatic carbocycles. The van der Waals surface area contributed by atoms with Crippen LogP contribution >= 0.6 is 0 Å². The maximum absolute atomic E-state index is 13.0. The number of nitrogens with zero attached hydrogens (tertiary/aromatic N) is 2. The summed E-state index contributed by atoms with van der Waals surface area (Å²) in [4.78, 5) is 14.3. The van der Waals surface area contributed by atoms with Gasteiger partial charge in [0.05, 0.1) is 0 Å². The van der Waals surface area contributed by atoms with Gasteiger partial charge in [0.15, 0.2) is 5.84 Å². The molecular formula is C14H18FN3O2. The van der Waals surface area contributed by atoms with E-state index in [1.54, 1.807) is 12.1 Å². The van der Waals surface area contributed by atoms with Gasteiger partial charge in [0, 0.05) is 12.2 Å².